The van der Waals surface area contributed by atoms with Gasteiger partial charge in [-0.1, -0.05) is 0 Å². The lowest BCUT2D eigenvalue weighted by Gasteiger charge is -2.24. The third-order valence-corrected chi connectivity index (χ3v) is 3.40. The molecule has 1 aliphatic heterocycles. The van der Waals surface area contributed by atoms with Crippen molar-refractivity contribution in [3.05, 3.63) is 0 Å². The van der Waals surface area contributed by atoms with Crippen molar-refractivity contribution in [2.45, 2.75) is 52.4 Å². The maximum atomic E-state index is 11.8. The molecular formula is C12H25N3O. The summed E-state index contributed by atoms with van der Waals surface area (Å²) in [6.45, 7) is 10.3. The van der Waals surface area contributed by atoms with E-state index in [2.05, 4.69) is 31.1 Å². The summed E-state index contributed by atoms with van der Waals surface area (Å²) in [5.74, 6) is 0.236. The molecule has 1 heterocycles. The highest BCUT2D eigenvalue weighted by Crippen LogP contribution is 2.10. The Hall–Kier alpha value is -0.610. The number of hydrogen-bond acceptors (Lipinski definition) is 3. The monoisotopic (exact) mass is 227 g/mol. The molecule has 0 aliphatic carbocycles. The minimum absolute atomic E-state index is 0.0159. The van der Waals surface area contributed by atoms with Crippen LogP contribution in [0.1, 0.15) is 34.1 Å². The third-order valence-electron chi connectivity index (χ3n) is 3.40. The van der Waals surface area contributed by atoms with Crippen LogP contribution in [0.25, 0.3) is 0 Å². The molecule has 1 amide bonds. The number of rotatable bonds is 5. The van der Waals surface area contributed by atoms with Crippen molar-refractivity contribution in [2.24, 2.45) is 0 Å². The molecule has 1 saturated heterocycles. The average molecular weight is 227 g/mol. The van der Waals surface area contributed by atoms with E-state index in [4.69, 9.17) is 0 Å². The van der Waals surface area contributed by atoms with Crippen LogP contribution in [0.2, 0.25) is 0 Å². The predicted octanol–water partition coefficient (Wildman–Crippen LogP) is 0.883. The molecule has 1 fully saturated rings. The first-order valence-electron chi connectivity index (χ1n) is 6.20. The second-order valence-corrected chi connectivity index (χ2v) is 5.02. The molecule has 0 saturated carbocycles. The minimum atomic E-state index is -0.0159. The van der Waals surface area contributed by atoms with Crippen molar-refractivity contribution in [1.29, 1.82) is 0 Å². The fraction of sp³-hybridized carbons (Fsp3) is 0.917. The van der Waals surface area contributed by atoms with Crippen LogP contribution in [0.15, 0.2) is 0 Å². The third kappa shape index (κ3) is 3.19. The number of hydrogen-bond donors (Lipinski definition) is 1. The molecule has 0 aromatic rings. The zero-order chi connectivity index (χ0) is 12.3. The van der Waals surface area contributed by atoms with E-state index in [1.165, 1.54) is 0 Å². The topological polar surface area (TPSA) is 35.6 Å². The first kappa shape index (κ1) is 13.5. The average Bonchev–Trinajstić information content (AvgIpc) is 2.44. The Morgan fingerprint density at radius 3 is 2.50 bits per heavy atom. The highest BCUT2D eigenvalue weighted by molar-refractivity contribution is 5.83. The molecule has 0 aromatic heterocycles. The molecule has 1 rings (SSSR count). The lowest BCUT2D eigenvalue weighted by atomic mass is 10.3. The van der Waals surface area contributed by atoms with Gasteiger partial charge in [0.1, 0.15) is 0 Å². The summed E-state index contributed by atoms with van der Waals surface area (Å²) in [5.41, 5.74) is 0. The van der Waals surface area contributed by atoms with Crippen LogP contribution in [-0.2, 0) is 4.79 Å². The smallest absolute Gasteiger partial charge is 0.240 e. The summed E-state index contributed by atoms with van der Waals surface area (Å²) in [6.07, 6.45) is 1.23. The Kier molecular flexibility index (Phi) is 4.74. The Morgan fingerprint density at radius 2 is 2.06 bits per heavy atom. The second-order valence-electron chi connectivity index (χ2n) is 5.02. The van der Waals surface area contributed by atoms with Gasteiger partial charge in [0.15, 0.2) is 0 Å². The fourth-order valence-electron chi connectivity index (χ4n) is 2.02. The summed E-state index contributed by atoms with van der Waals surface area (Å²) in [4.78, 5) is 16.0. The molecule has 2 atom stereocenters. The highest BCUT2D eigenvalue weighted by atomic mass is 16.2. The van der Waals surface area contributed by atoms with Crippen molar-refractivity contribution in [1.82, 2.24) is 15.1 Å². The quantitative estimate of drug-likeness (QED) is 0.757. The summed E-state index contributed by atoms with van der Waals surface area (Å²) in [6, 6.07) is 0.557. The second kappa shape index (κ2) is 5.64. The highest BCUT2D eigenvalue weighted by Gasteiger charge is 2.32. The van der Waals surface area contributed by atoms with E-state index < -0.39 is 0 Å². The number of carbonyl (C=O) groups excluding carboxylic acids is 1. The van der Waals surface area contributed by atoms with Crippen LogP contribution in [0.4, 0.5) is 0 Å². The van der Waals surface area contributed by atoms with Gasteiger partial charge in [-0.05, 0) is 47.7 Å². The zero-order valence-electron chi connectivity index (χ0n) is 11.2. The van der Waals surface area contributed by atoms with Crippen molar-refractivity contribution in [3.8, 4) is 0 Å². The van der Waals surface area contributed by atoms with Gasteiger partial charge < -0.3 is 9.80 Å². The molecule has 0 aromatic carbocycles. The Bertz CT molecular complexity index is 242. The Balaban J connectivity index is 2.30. The van der Waals surface area contributed by atoms with E-state index in [9.17, 15) is 4.79 Å². The molecule has 2 unspecified atom stereocenters. The molecule has 1 aliphatic rings. The van der Waals surface area contributed by atoms with E-state index in [0.29, 0.717) is 6.04 Å². The number of amides is 1. The van der Waals surface area contributed by atoms with E-state index in [0.717, 1.165) is 19.5 Å². The molecular weight excluding hydrogens is 202 g/mol. The van der Waals surface area contributed by atoms with Crippen molar-refractivity contribution in [2.75, 3.05) is 20.1 Å². The predicted molar refractivity (Wildman–Crippen MR) is 66.2 cm³/mol. The van der Waals surface area contributed by atoms with E-state index in [1.807, 2.05) is 18.7 Å². The SMILES string of the molecule is CC1NC(C)N(CCCN(C)C(C)C)C1=O. The first-order valence-corrected chi connectivity index (χ1v) is 6.20. The standard InChI is InChI=1S/C12H25N3O/c1-9(2)14(5)7-6-8-15-11(4)13-10(3)12(15)16/h9-11,13H,6-8H2,1-5H3. The van der Waals surface area contributed by atoms with Crippen LogP contribution in [0.5, 0.6) is 0 Å². The summed E-state index contributed by atoms with van der Waals surface area (Å²) >= 11 is 0. The van der Waals surface area contributed by atoms with Gasteiger partial charge in [0, 0.05) is 12.6 Å². The largest absolute Gasteiger partial charge is 0.326 e. The van der Waals surface area contributed by atoms with Crippen LogP contribution in [0, 0.1) is 0 Å². The minimum Gasteiger partial charge on any atom is -0.326 e. The lowest BCUT2D eigenvalue weighted by molar-refractivity contribution is -0.129. The molecule has 1 N–H and O–H groups in total. The Morgan fingerprint density at radius 1 is 1.44 bits per heavy atom. The van der Waals surface area contributed by atoms with Crippen molar-refractivity contribution < 1.29 is 4.79 Å². The Labute approximate surface area is 99.0 Å². The maximum absolute atomic E-state index is 11.8. The van der Waals surface area contributed by atoms with Crippen LogP contribution in [-0.4, -0.2) is 54.1 Å². The maximum Gasteiger partial charge on any atom is 0.240 e. The van der Waals surface area contributed by atoms with E-state index in [1.54, 1.807) is 0 Å². The van der Waals surface area contributed by atoms with Crippen molar-refractivity contribution in [3.63, 3.8) is 0 Å². The van der Waals surface area contributed by atoms with Gasteiger partial charge in [0.05, 0.1) is 12.2 Å². The number of nitrogens with one attached hydrogen (secondary N) is 1. The van der Waals surface area contributed by atoms with Crippen LogP contribution >= 0.6 is 0 Å². The molecule has 4 heteroatoms. The van der Waals surface area contributed by atoms with Gasteiger partial charge in [-0.3, -0.25) is 10.1 Å². The zero-order valence-corrected chi connectivity index (χ0v) is 11.2. The molecule has 94 valence electrons. The first-order chi connectivity index (χ1) is 7.43. The fourth-order valence-corrected chi connectivity index (χ4v) is 2.02. The molecule has 4 nitrogen and oxygen atoms in total. The number of carbonyl (C=O) groups is 1. The van der Waals surface area contributed by atoms with Crippen LogP contribution < -0.4 is 5.32 Å². The molecule has 0 radical (unpaired) electrons. The lowest BCUT2D eigenvalue weighted by Crippen LogP contribution is -2.37. The molecule has 0 bridgehead atoms. The van der Waals surface area contributed by atoms with Crippen LogP contribution in [0.3, 0.4) is 0 Å². The number of nitrogens with zero attached hydrogens (tertiary/aromatic N) is 2. The van der Waals surface area contributed by atoms with Gasteiger partial charge in [0.25, 0.3) is 0 Å². The van der Waals surface area contributed by atoms with Crippen molar-refractivity contribution >= 4 is 5.91 Å². The molecule has 16 heavy (non-hydrogen) atoms. The van der Waals surface area contributed by atoms with Gasteiger partial charge in [-0.25, -0.2) is 0 Å². The van der Waals surface area contributed by atoms with Gasteiger partial charge in [-0.2, -0.15) is 0 Å². The summed E-state index contributed by atoms with van der Waals surface area (Å²) < 4.78 is 0. The van der Waals surface area contributed by atoms with Gasteiger partial charge in [-0.15, -0.1) is 0 Å². The van der Waals surface area contributed by atoms with E-state index in [-0.39, 0.29) is 18.1 Å². The van der Waals surface area contributed by atoms with Gasteiger partial charge in [0.2, 0.25) is 5.91 Å². The molecule has 0 spiro atoms. The van der Waals surface area contributed by atoms with E-state index >= 15 is 0 Å². The van der Waals surface area contributed by atoms with Gasteiger partial charge >= 0.3 is 0 Å². The normalized spacial score (nSPS) is 26.2. The summed E-state index contributed by atoms with van der Waals surface area (Å²) in [5, 5.41) is 3.24. The summed E-state index contributed by atoms with van der Waals surface area (Å²) in [7, 11) is 2.13.